The second-order valence-electron chi connectivity index (χ2n) is 4.63. The molecule has 112 valence electrons. The van der Waals surface area contributed by atoms with E-state index in [2.05, 4.69) is 0 Å². The zero-order valence-corrected chi connectivity index (χ0v) is 14.3. The van der Waals surface area contributed by atoms with Gasteiger partial charge in [0.15, 0.2) is 0 Å². The van der Waals surface area contributed by atoms with Crippen molar-refractivity contribution in [2.24, 2.45) is 0 Å². The summed E-state index contributed by atoms with van der Waals surface area (Å²) in [4.78, 5) is 15.9. The molecule has 1 aromatic carbocycles. The van der Waals surface area contributed by atoms with Gasteiger partial charge in [-0.2, -0.15) is 0 Å². The third-order valence-corrected chi connectivity index (χ3v) is 5.39. The molecule has 22 heavy (non-hydrogen) atoms. The minimum atomic E-state index is -0.0285. The van der Waals surface area contributed by atoms with Gasteiger partial charge in [-0.25, -0.2) is 0 Å². The van der Waals surface area contributed by atoms with Crippen LogP contribution in [0.4, 0.5) is 0 Å². The molecule has 0 saturated carbocycles. The first-order valence-corrected chi connectivity index (χ1v) is 8.69. The molecule has 3 rings (SSSR count). The summed E-state index contributed by atoms with van der Waals surface area (Å²) in [5, 5.41) is 1.99. The predicted molar refractivity (Wildman–Crippen MR) is 96.0 cm³/mol. The number of thiocarbonyl (C=S) groups is 1. The average molecular weight is 347 g/mol. The summed E-state index contributed by atoms with van der Waals surface area (Å²) in [6, 6.07) is 11.6. The molecule has 1 amide bonds. The van der Waals surface area contributed by atoms with Crippen molar-refractivity contribution in [1.29, 1.82) is 0 Å². The molecule has 1 aromatic heterocycles. The van der Waals surface area contributed by atoms with Crippen molar-refractivity contribution < 1.29 is 9.53 Å². The predicted octanol–water partition coefficient (Wildman–Crippen LogP) is 4.16. The number of thioether (sulfide) groups is 1. The van der Waals surface area contributed by atoms with Gasteiger partial charge < -0.3 is 4.74 Å². The highest BCUT2D eigenvalue weighted by molar-refractivity contribution is 8.26. The first-order chi connectivity index (χ1) is 10.7. The van der Waals surface area contributed by atoms with E-state index in [9.17, 15) is 4.79 Å². The van der Waals surface area contributed by atoms with Gasteiger partial charge in [0.1, 0.15) is 10.1 Å². The Hall–Kier alpha value is -1.63. The Labute approximate surface area is 142 Å². The maximum atomic E-state index is 12.5. The van der Waals surface area contributed by atoms with E-state index in [4.69, 9.17) is 17.0 Å². The number of hydrogen-bond acceptors (Lipinski definition) is 5. The van der Waals surface area contributed by atoms with Crippen LogP contribution in [-0.2, 0) is 11.3 Å². The summed E-state index contributed by atoms with van der Waals surface area (Å²) in [6.45, 7) is 0.483. The van der Waals surface area contributed by atoms with Gasteiger partial charge in [-0.1, -0.05) is 42.2 Å². The van der Waals surface area contributed by atoms with Crippen molar-refractivity contribution in [1.82, 2.24) is 4.90 Å². The summed E-state index contributed by atoms with van der Waals surface area (Å²) in [5.74, 6) is 0.769. The number of carbonyl (C=O) groups is 1. The van der Waals surface area contributed by atoms with E-state index < -0.39 is 0 Å². The molecule has 0 bridgehead atoms. The topological polar surface area (TPSA) is 29.5 Å². The summed E-state index contributed by atoms with van der Waals surface area (Å²) < 4.78 is 5.74. The largest absolute Gasteiger partial charge is 0.497 e. The smallest absolute Gasteiger partial charge is 0.266 e. The third-order valence-electron chi connectivity index (χ3n) is 3.19. The van der Waals surface area contributed by atoms with Gasteiger partial charge in [0.05, 0.1) is 18.6 Å². The highest BCUT2D eigenvalue weighted by atomic mass is 32.2. The van der Waals surface area contributed by atoms with Crippen LogP contribution in [0.15, 0.2) is 46.7 Å². The van der Waals surface area contributed by atoms with Crippen LogP contribution < -0.4 is 4.74 Å². The number of benzene rings is 1. The third kappa shape index (κ3) is 3.24. The minimum Gasteiger partial charge on any atom is -0.497 e. The van der Waals surface area contributed by atoms with Crippen LogP contribution >= 0.6 is 35.3 Å². The Kier molecular flexibility index (Phi) is 4.61. The van der Waals surface area contributed by atoms with Crippen LogP contribution in [0.1, 0.15) is 10.4 Å². The van der Waals surface area contributed by atoms with Crippen LogP contribution in [0.2, 0.25) is 0 Å². The maximum absolute atomic E-state index is 12.5. The molecule has 2 heterocycles. The van der Waals surface area contributed by atoms with E-state index >= 15 is 0 Å². The molecule has 3 nitrogen and oxygen atoms in total. The number of ether oxygens (including phenoxy) is 1. The van der Waals surface area contributed by atoms with Crippen molar-refractivity contribution in [3.8, 4) is 5.75 Å². The van der Waals surface area contributed by atoms with E-state index in [1.807, 2.05) is 47.9 Å². The van der Waals surface area contributed by atoms with Crippen molar-refractivity contribution >= 4 is 51.6 Å². The summed E-state index contributed by atoms with van der Waals surface area (Å²) in [6.07, 6.45) is 1.90. The lowest BCUT2D eigenvalue weighted by atomic mass is 10.2. The van der Waals surface area contributed by atoms with Gasteiger partial charge in [-0.15, -0.1) is 11.3 Å². The van der Waals surface area contributed by atoms with E-state index in [0.29, 0.717) is 15.8 Å². The fourth-order valence-corrected chi connectivity index (χ4v) is 4.03. The van der Waals surface area contributed by atoms with Gasteiger partial charge >= 0.3 is 0 Å². The standard InChI is InChI=1S/C16H13NO2S3/c1-19-12-6-4-11(5-7-12)10-17-15(18)14(22-16(17)20)9-13-3-2-8-21-13/h2-9H,10H2,1H3. The fourth-order valence-electron chi connectivity index (χ4n) is 2.05. The van der Waals surface area contributed by atoms with E-state index in [0.717, 1.165) is 16.2 Å². The molecule has 0 atom stereocenters. The van der Waals surface area contributed by atoms with Gasteiger partial charge in [0.2, 0.25) is 0 Å². The van der Waals surface area contributed by atoms with Crippen LogP contribution in [0.3, 0.4) is 0 Å². The summed E-state index contributed by atoms with van der Waals surface area (Å²) in [7, 11) is 1.63. The lowest BCUT2D eigenvalue weighted by Gasteiger charge is -2.14. The molecule has 1 aliphatic rings. The molecule has 0 N–H and O–H groups in total. The normalized spacial score (nSPS) is 16.6. The lowest BCUT2D eigenvalue weighted by Crippen LogP contribution is -2.27. The molecule has 1 saturated heterocycles. The molecule has 0 unspecified atom stereocenters. The first-order valence-electron chi connectivity index (χ1n) is 6.59. The minimum absolute atomic E-state index is 0.0285. The second-order valence-corrected chi connectivity index (χ2v) is 7.29. The molecular weight excluding hydrogens is 334 g/mol. The fraction of sp³-hybridized carbons (Fsp3) is 0.125. The number of amides is 1. The number of nitrogens with zero attached hydrogens (tertiary/aromatic N) is 1. The van der Waals surface area contributed by atoms with E-state index in [1.165, 1.54) is 11.8 Å². The van der Waals surface area contributed by atoms with Crippen LogP contribution in [0, 0.1) is 0 Å². The number of hydrogen-bond donors (Lipinski definition) is 0. The lowest BCUT2D eigenvalue weighted by molar-refractivity contribution is -0.122. The number of methoxy groups -OCH3 is 1. The van der Waals surface area contributed by atoms with Crippen molar-refractivity contribution in [3.63, 3.8) is 0 Å². The SMILES string of the molecule is COc1ccc(CN2C(=O)C(=Cc3cccs3)SC2=S)cc1. The van der Waals surface area contributed by atoms with Gasteiger partial charge in [-0.05, 0) is 35.2 Å². The van der Waals surface area contributed by atoms with Crippen molar-refractivity contribution in [2.75, 3.05) is 7.11 Å². The molecule has 6 heteroatoms. The molecule has 1 aliphatic heterocycles. The molecular formula is C16H13NO2S3. The van der Waals surface area contributed by atoms with Gasteiger partial charge in [-0.3, -0.25) is 9.69 Å². The Morgan fingerprint density at radius 3 is 2.68 bits per heavy atom. The van der Waals surface area contributed by atoms with Crippen LogP contribution in [-0.4, -0.2) is 22.2 Å². The Morgan fingerprint density at radius 2 is 2.05 bits per heavy atom. The Morgan fingerprint density at radius 1 is 1.27 bits per heavy atom. The molecule has 0 radical (unpaired) electrons. The summed E-state index contributed by atoms with van der Waals surface area (Å²) in [5.41, 5.74) is 1.02. The van der Waals surface area contributed by atoms with Crippen LogP contribution in [0.25, 0.3) is 6.08 Å². The molecule has 2 aromatic rings. The summed E-state index contributed by atoms with van der Waals surface area (Å²) >= 11 is 8.31. The average Bonchev–Trinajstić information content (AvgIpc) is 3.12. The highest BCUT2D eigenvalue weighted by Crippen LogP contribution is 2.34. The molecule has 0 aliphatic carbocycles. The zero-order chi connectivity index (χ0) is 15.5. The van der Waals surface area contributed by atoms with Gasteiger partial charge in [0, 0.05) is 4.88 Å². The zero-order valence-electron chi connectivity index (χ0n) is 11.8. The van der Waals surface area contributed by atoms with E-state index in [-0.39, 0.29) is 5.91 Å². The Bertz CT molecular complexity index is 720. The first kappa shape index (κ1) is 15.3. The number of thiophene rings is 1. The van der Waals surface area contributed by atoms with Gasteiger partial charge in [0.25, 0.3) is 5.91 Å². The molecule has 0 spiro atoms. The van der Waals surface area contributed by atoms with Crippen molar-refractivity contribution in [2.45, 2.75) is 6.54 Å². The maximum Gasteiger partial charge on any atom is 0.266 e. The second kappa shape index (κ2) is 6.64. The monoisotopic (exact) mass is 347 g/mol. The van der Waals surface area contributed by atoms with Crippen molar-refractivity contribution in [3.05, 3.63) is 57.1 Å². The number of rotatable bonds is 4. The molecule has 1 fully saturated rings. The Balaban J connectivity index is 1.76. The van der Waals surface area contributed by atoms with E-state index in [1.54, 1.807) is 23.3 Å². The highest BCUT2D eigenvalue weighted by Gasteiger charge is 2.31. The number of carbonyl (C=O) groups excluding carboxylic acids is 1. The van der Waals surface area contributed by atoms with Crippen LogP contribution in [0.5, 0.6) is 5.75 Å². The quantitative estimate of drug-likeness (QED) is 0.614.